The molecule has 0 aliphatic heterocycles. The summed E-state index contributed by atoms with van der Waals surface area (Å²) in [5, 5.41) is 7.90. The van der Waals surface area contributed by atoms with Crippen molar-refractivity contribution in [2.45, 2.75) is 53.6 Å². The van der Waals surface area contributed by atoms with Crippen molar-refractivity contribution in [3.8, 4) is 0 Å². The zero-order valence-corrected chi connectivity index (χ0v) is 11.2. The summed E-state index contributed by atoms with van der Waals surface area (Å²) >= 11 is 0. The first-order valence-electron chi connectivity index (χ1n) is 6.33. The van der Waals surface area contributed by atoms with Gasteiger partial charge < -0.3 is 5.32 Å². The van der Waals surface area contributed by atoms with E-state index in [2.05, 4.69) is 55.8 Å². The third-order valence-electron chi connectivity index (χ3n) is 3.13. The highest BCUT2D eigenvalue weighted by Crippen LogP contribution is 2.15. The highest BCUT2D eigenvalue weighted by Gasteiger charge is 2.12. The van der Waals surface area contributed by atoms with Crippen LogP contribution >= 0.6 is 0 Å². The number of rotatable bonds is 6. The minimum Gasteiger partial charge on any atom is -0.368 e. The van der Waals surface area contributed by atoms with Gasteiger partial charge in [-0.1, -0.05) is 34.1 Å². The number of aromatic nitrogens is 2. The van der Waals surface area contributed by atoms with E-state index in [-0.39, 0.29) is 0 Å². The second kappa shape index (κ2) is 5.92. The minimum atomic E-state index is 0.493. The number of anilines is 1. The van der Waals surface area contributed by atoms with Gasteiger partial charge in [-0.25, -0.2) is 4.68 Å². The number of hydrogen-bond acceptors (Lipinski definition) is 2. The normalized spacial score (nSPS) is 15.1. The molecule has 1 N–H and O–H groups in total. The Kier molecular flexibility index (Phi) is 4.84. The van der Waals surface area contributed by atoms with Gasteiger partial charge in [-0.15, -0.1) is 0 Å². The quantitative estimate of drug-likeness (QED) is 0.801. The smallest absolute Gasteiger partial charge is 0.124 e. The second-order valence-corrected chi connectivity index (χ2v) is 5.11. The van der Waals surface area contributed by atoms with Crippen LogP contribution in [0, 0.1) is 11.8 Å². The Bertz CT molecular complexity index is 304. The predicted molar refractivity (Wildman–Crippen MR) is 69.6 cm³/mol. The van der Waals surface area contributed by atoms with Crippen LogP contribution in [-0.4, -0.2) is 15.8 Å². The van der Waals surface area contributed by atoms with Crippen molar-refractivity contribution in [1.82, 2.24) is 9.78 Å². The fourth-order valence-electron chi connectivity index (χ4n) is 1.68. The van der Waals surface area contributed by atoms with E-state index in [0.717, 1.165) is 12.4 Å². The van der Waals surface area contributed by atoms with Crippen molar-refractivity contribution < 1.29 is 0 Å². The molecule has 1 rings (SSSR count). The van der Waals surface area contributed by atoms with Gasteiger partial charge in [-0.05, 0) is 18.8 Å². The molecule has 1 aromatic heterocycles. The predicted octanol–water partition coefficient (Wildman–Crippen LogP) is 3.39. The van der Waals surface area contributed by atoms with E-state index < -0.39 is 0 Å². The summed E-state index contributed by atoms with van der Waals surface area (Å²) in [6.07, 6.45) is 3.07. The third-order valence-corrected chi connectivity index (χ3v) is 3.13. The van der Waals surface area contributed by atoms with Crippen LogP contribution in [0.2, 0.25) is 0 Å². The maximum atomic E-state index is 4.35. The van der Waals surface area contributed by atoms with Crippen molar-refractivity contribution in [1.29, 1.82) is 0 Å². The summed E-state index contributed by atoms with van der Waals surface area (Å²) in [5.41, 5.74) is 0. The lowest BCUT2D eigenvalue weighted by atomic mass is 10.0. The zero-order chi connectivity index (χ0) is 12.1. The van der Waals surface area contributed by atoms with Gasteiger partial charge in [0, 0.05) is 18.7 Å². The van der Waals surface area contributed by atoms with Crippen molar-refractivity contribution in [2.75, 3.05) is 5.32 Å². The van der Waals surface area contributed by atoms with E-state index in [1.54, 1.807) is 0 Å². The molecule has 1 heterocycles. The molecule has 0 aromatic carbocycles. The molecule has 0 spiro atoms. The van der Waals surface area contributed by atoms with Crippen LogP contribution in [0.1, 0.15) is 41.0 Å². The molecule has 0 bridgehead atoms. The Morgan fingerprint density at radius 3 is 2.56 bits per heavy atom. The SMILES string of the molecule is CCC(C)C(C)Nc1ccnn1CC(C)C. The van der Waals surface area contributed by atoms with Gasteiger partial charge in [-0.2, -0.15) is 5.10 Å². The summed E-state index contributed by atoms with van der Waals surface area (Å²) in [4.78, 5) is 0. The average molecular weight is 223 g/mol. The van der Waals surface area contributed by atoms with Crippen molar-refractivity contribution in [3.05, 3.63) is 12.3 Å². The molecule has 2 atom stereocenters. The zero-order valence-electron chi connectivity index (χ0n) is 11.2. The fraction of sp³-hybridized carbons (Fsp3) is 0.769. The summed E-state index contributed by atoms with van der Waals surface area (Å²) in [6.45, 7) is 12.1. The number of hydrogen-bond donors (Lipinski definition) is 1. The van der Waals surface area contributed by atoms with Gasteiger partial charge in [0.05, 0.1) is 6.20 Å². The third kappa shape index (κ3) is 3.54. The van der Waals surface area contributed by atoms with E-state index in [0.29, 0.717) is 17.9 Å². The average Bonchev–Trinajstić information content (AvgIpc) is 2.63. The van der Waals surface area contributed by atoms with E-state index in [4.69, 9.17) is 0 Å². The summed E-state index contributed by atoms with van der Waals surface area (Å²) in [6, 6.07) is 2.55. The molecule has 0 radical (unpaired) electrons. The van der Waals surface area contributed by atoms with Crippen molar-refractivity contribution in [2.24, 2.45) is 11.8 Å². The summed E-state index contributed by atoms with van der Waals surface area (Å²) < 4.78 is 2.06. The lowest BCUT2D eigenvalue weighted by molar-refractivity contribution is 0.467. The largest absolute Gasteiger partial charge is 0.368 e. The van der Waals surface area contributed by atoms with Gasteiger partial charge in [-0.3, -0.25) is 0 Å². The van der Waals surface area contributed by atoms with Crippen LogP contribution in [0.3, 0.4) is 0 Å². The van der Waals surface area contributed by atoms with Crippen LogP contribution < -0.4 is 5.32 Å². The van der Waals surface area contributed by atoms with Gasteiger partial charge in [0.2, 0.25) is 0 Å². The highest BCUT2D eigenvalue weighted by molar-refractivity contribution is 5.35. The first-order valence-corrected chi connectivity index (χ1v) is 6.33. The van der Waals surface area contributed by atoms with E-state index >= 15 is 0 Å². The topological polar surface area (TPSA) is 29.9 Å². The molecule has 16 heavy (non-hydrogen) atoms. The maximum Gasteiger partial charge on any atom is 0.124 e. The standard InChI is InChI=1S/C13H25N3/c1-6-11(4)12(5)15-13-7-8-14-16(13)9-10(2)3/h7-8,10-12,15H,6,9H2,1-5H3. The Labute approximate surface area is 99.2 Å². The minimum absolute atomic E-state index is 0.493. The Balaban J connectivity index is 2.62. The molecule has 0 saturated heterocycles. The van der Waals surface area contributed by atoms with Gasteiger partial charge in [0.15, 0.2) is 0 Å². The van der Waals surface area contributed by atoms with Gasteiger partial charge >= 0.3 is 0 Å². The van der Waals surface area contributed by atoms with Crippen LogP contribution in [0.25, 0.3) is 0 Å². The lowest BCUT2D eigenvalue weighted by Crippen LogP contribution is -2.25. The highest BCUT2D eigenvalue weighted by atomic mass is 15.3. The molecular formula is C13H25N3. The first-order chi connectivity index (χ1) is 7.54. The van der Waals surface area contributed by atoms with Crippen molar-refractivity contribution in [3.63, 3.8) is 0 Å². The van der Waals surface area contributed by atoms with Crippen LogP contribution in [0.5, 0.6) is 0 Å². The maximum absolute atomic E-state index is 4.35. The molecule has 0 saturated carbocycles. The van der Waals surface area contributed by atoms with E-state index in [9.17, 15) is 0 Å². The fourth-order valence-corrected chi connectivity index (χ4v) is 1.68. The Morgan fingerprint density at radius 2 is 2.00 bits per heavy atom. The molecule has 2 unspecified atom stereocenters. The Morgan fingerprint density at radius 1 is 1.31 bits per heavy atom. The van der Waals surface area contributed by atoms with Crippen LogP contribution in [-0.2, 0) is 6.54 Å². The molecule has 3 nitrogen and oxygen atoms in total. The monoisotopic (exact) mass is 223 g/mol. The van der Waals surface area contributed by atoms with Crippen molar-refractivity contribution >= 4 is 5.82 Å². The molecule has 0 aliphatic rings. The van der Waals surface area contributed by atoms with Crippen LogP contribution in [0.15, 0.2) is 12.3 Å². The molecule has 92 valence electrons. The molecule has 0 aliphatic carbocycles. The van der Waals surface area contributed by atoms with Crippen LogP contribution in [0.4, 0.5) is 5.82 Å². The summed E-state index contributed by atoms with van der Waals surface area (Å²) in [7, 11) is 0. The Hall–Kier alpha value is -0.990. The van der Waals surface area contributed by atoms with E-state index in [1.807, 2.05) is 6.20 Å². The van der Waals surface area contributed by atoms with Gasteiger partial charge in [0.25, 0.3) is 0 Å². The molecule has 0 fully saturated rings. The number of nitrogens with one attached hydrogen (secondary N) is 1. The van der Waals surface area contributed by atoms with Gasteiger partial charge in [0.1, 0.15) is 5.82 Å². The summed E-state index contributed by atoms with van der Waals surface area (Å²) in [5.74, 6) is 2.45. The number of nitrogens with zero attached hydrogens (tertiary/aromatic N) is 2. The lowest BCUT2D eigenvalue weighted by Gasteiger charge is -2.22. The molecule has 0 amide bonds. The second-order valence-electron chi connectivity index (χ2n) is 5.11. The molecular weight excluding hydrogens is 198 g/mol. The van der Waals surface area contributed by atoms with E-state index in [1.165, 1.54) is 6.42 Å². The molecule has 3 heteroatoms. The first kappa shape index (κ1) is 13.1. The molecule has 1 aromatic rings.